The molecule has 1 atom stereocenters. The Morgan fingerprint density at radius 1 is 1.03 bits per heavy atom. The zero-order valence-corrected chi connectivity index (χ0v) is 37.3. The Morgan fingerprint density at radius 3 is 2.62 bits per heavy atom. The van der Waals surface area contributed by atoms with Gasteiger partial charge in [-0.3, -0.25) is 29.5 Å². The lowest BCUT2D eigenvalue weighted by atomic mass is 9.67. The minimum Gasteiger partial charge on any atom is -0.487 e. The van der Waals surface area contributed by atoms with E-state index < -0.39 is 23.2 Å². The molecular formula is C45H52ClFN10O7S. The van der Waals surface area contributed by atoms with E-state index in [2.05, 4.69) is 36.3 Å². The third-order valence-electron chi connectivity index (χ3n) is 11.5. The molecule has 2 aromatic heterocycles. The van der Waals surface area contributed by atoms with Crippen molar-refractivity contribution in [3.05, 3.63) is 93.8 Å². The number of aliphatic imine (C=N–C) groups is 1. The van der Waals surface area contributed by atoms with Gasteiger partial charge in [-0.05, 0) is 68.5 Å². The molecule has 7 rings (SSSR count). The number of aromatic nitrogens is 2. The number of piperidine rings is 1. The Kier molecular flexibility index (Phi) is 16.6. The number of nitrogens with two attached hydrogens (primary N) is 1. The van der Waals surface area contributed by atoms with Crippen LogP contribution >= 0.6 is 22.9 Å². The normalized spacial score (nSPS) is 19.9. The number of rotatable bonds is 22. The smallest absolute Gasteiger partial charge is 0.255 e. The Hall–Kier alpha value is -5.86. The lowest BCUT2D eigenvalue weighted by Gasteiger charge is -2.40. The second-order valence-corrected chi connectivity index (χ2v) is 17.2. The van der Waals surface area contributed by atoms with Crippen LogP contribution in [0.2, 0.25) is 5.02 Å². The standard InChI is InChI=1S/C45H52ClFN10O7S/c46-33-6-3-8-36(41(33)47)64-30-12-15-45(16-13-30,26-29-4-1-9-38(52-29)54-44-51-20-25-65-44)37(56-48)27-50-19-22-63-24-23-62-21-18-49-17-14-40(59)53-34-7-2-5-31-32(34)28-57(43(31)61)35-10-11-39(58)55-42(35)60/h1-9,20,25,27,30,35,49H,10-19,21-24,26,28,48H2,(H,53,59)(H,51,52,54)(H,55,58,60). The number of nitrogens with one attached hydrogen (secondary N) is 4. The molecule has 2 fully saturated rings. The number of nitrogens with zero attached hydrogens (tertiary/aromatic N) is 5. The van der Waals surface area contributed by atoms with E-state index in [1.54, 1.807) is 42.7 Å². The third kappa shape index (κ3) is 12.5. The van der Waals surface area contributed by atoms with E-state index in [1.165, 1.54) is 22.3 Å². The molecule has 4 heterocycles. The topological polar surface area (TPSA) is 224 Å². The molecule has 6 N–H and O–H groups in total. The van der Waals surface area contributed by atoms with Crippen molar-refractivity contribution in [2.75, 3.05) is 56.7 Å². The molecule has 1 saturated heterocycles. The highest BCUT2D eigenvalue weighted by molar-refractivity contribution is 7.13. The summed E-state index contributed by atoms with van der Waals surface area (Å²) in [7, 11) is 0. The maximum absolute atomic E-state index is 14.7. The van der Waals surface area contributed by atoms with Crippen molar-refractivity contribution in [1.29, 1.82) is 0 Å². The van der Waals surface area contributed by atoms with Gasteiger partial charge in [0.05, 0.1) is 49.8 Å². The predicted octanol–water partition coefficient (Wildman–Crippen LogP) is 5.42. The molecule has 1 unspecified atom stereocenters. The zero-order chi connectivity index (χ0) is 45.6. The van der Waals surface area contributed by atoms with Crippen LogP contribution in [0.15, 0.2) is 76.3 Å². The number of hydrogen-bond acceptors (Lipinski definition) is 15. The number of fused-ring (bicyclic) bond motifs is 1. The van der Waals surface area contributed by atoms with Gasteiger partial charge in [-0.1, -0.05) is 29.8 Å². The summed E-state index contributed by atoms with van der Waals surface area (Å²) >= 11 is 7.49. The molecule has 1 saturated carbocycles. The summed E-state index contributed by atoms with van der Waals surface area (Å²) in [5.41, 5.74) is 2.59. The Balaban J connectivity index is 0.804. The number of thiazole rings is 1. The van der Waals surface area contributed by atoms with Crippen LogP contribution in [0.4, 0.5) is 21.0 Å². The predicted molar refractivity (Wildman–Crippen MR) is 245 cm³/mol. The van der Waals surface area contributed by atoms with Crippen LogP contribution in [0.5, 0.6) is 5.75 Å². The number of imide groups is 1. The number of hydrogen-bond donors (Lipinski definition) is 5. The van der Waals surface area contributed by atoms with E-state index in [1.807, 2.05) is 23.6 Å². The summed E-state index contributed by atoms with van der Waals surface area (Å²) in [6, 6.07) is 14.9. The lowest BCUT2D eigenvalue weighted by Crippen LogP contribution is -2.52. The second kappa shape index (κ2) is 22.9. The largest absolute Gasteiger partial charge is 0.487 e. The number of carbonyl (C=O) groups is 4. The molecule has 2 aliphatic heterocycles. The highest BCUT2D eigenvalue weighted by Crippen LogP contribution is 2.42. The lowest BCUT2D eigenvalue weighted by molar-refractivity contribution is -0.137. The van der Waals surface area contributed by atoms with E-state index in [0.29, 0.717) is 107 Å². The SMILES string of the molecule is NN=C(C=NCCOCCOCCNCCC(=O)Nc1cccc2c1CN(C1CCC(=O)NC1=O)C2=O)C1(Cc2cccc(Nc3nccs3)n2)CCC(Oc2cccc(Cl)c2F)CC1. The van der Waals surface area contributed by atoms with Crippen LogP contribution in [-0.2, 0) is 36.8 Å². The average Bonchev–Trinajstić information content (AvgIpc) is 3.94. The molecule has 344 valence electrons. The number of ether oxygens (including phenoxy) is 3. The minimum absolute atomic E-state index is 0.0131. The van der Waals surface area contributed by atoms with Crippen molar-refractivity contribution in [3.63, 3.8) is 0 Å². The molecule has 3 aliphatic rings. The summed E-state index contributed by atoms with van der Waals surface area (Å²) in [6.45, 7) is 3.03. The van der Waals surface area contributed by atoms with Gasteiger partial charge in [0, 0.05) is 84.6 Å². The van der Waals surface area contributed by atoms with Crippen molar-refractivity contribution >= 4 is 75.1 Å². The first-order valence-corrected chi connectivity index (χ1v) is 22.8. The summed E-state index contributed by atoms with van der Waals surface area (Å²) in [6.07, 6.45) is 6.94. The maximum Gasteiger partial charge on any atom is 0.255 e. The van der Waals surface area contributed by atoms with E-state index in [0.717, 1.165) is 10.8 Å². The van der Waals surface area contributed by atoms with Crippen LogP contribution in [0.25, 0.3) is 0 Å². The number of hydrazone groups is 1. The average molecular weight is 931 g/mol. The Labute approximate surface area is 384 Å². The van der Waals surface area contributed by atoms with Gasteiger partial charge in [0.2, 0.25) is 17.7 Å². The molecule has 0 spiro atoms. The fraction of sp³-hybridized carbons (Fsp3) is 0.422. The molecule has 0 bridgehead atoms. The zero-order valence-electron chi connectivity index (χ0n) is 35.7. The number of amides is 4. The van der Waals surface area contributed by atoms with Gasteiger partial charge in [-0.15, -0.1) is 11.3 Å². The van der Waals surface area contributed by atoms with Crippen LogP contribution in [-0.4, -0.2) is 109 Å². The van der Waals surface area contributed by atoms with Gasteiger partial charge in [0.1, 0.15) is 11.9 Å². The summed E-state index contributed by atoms with van der Waals surface area (Å²) in [4.78, 5) is 65.1. The van der Waals surface area contributed by atoms with Gasteiger partial charge in [0.15, 0.2) is 16.7 Å². The van der Waals surface area contributed by atoms with Gasteiger partial charge < -0.3 is 40.9 Å². The first-order valence-electron chi connectivity index (χ1n) is 21.6. The van der Waals surface area contributed by atoms with Crippen molar-refractivity contribution in [1.82, 2.24) is 25.5 Å². The number of carbonyl (C=O) groups excluding carboxylic acids is 4. The van der Waals surface area contributed by atoms with E-state index in [4.69, 9.17) is 36.6 Å². The highest BCUT2D eigenvalue weighted by atomic mass is 35.5. The Bertz CT molecular complexity index is 2360. The Morgan fingerprint density at radius 2 is 1.83 bits per heavy atom. The van der Waals surface area contributed by atoms with Gasteiger partial charge in [-0.2, -0.15) is 5.10 Å². The van der Waals surface area contributed by atoms with Crippen molar-refractivity contribution < 1.29 is 37.8 Å². The quantitative estimate of drug-likeness (QED) is 0.0219. The van der Waals surface area contributed by atoms with Crippen molar-refractivity contribution in [3.8, 4) is 5.75 Å². The van der Waals surface area contributed by atoms with Crippen LogP contribution in [0.3, 0.4) is 0 Å². The summed E-state index contributed by atoms with van der Waals surface area (Å²) in [5.74, 6) is 4.94. The van der Waals surface area contributed by atoms with Crippen molar-refractivity contribution in [2.45, 2.75) is 70.1 Å². The second-order valence-electron chi connectivity index (χ2n) is 15.9. The van der Waals surface area contributed by atoms with E-state index in [9.17, 15) is 23.6 Å². The van der Waals surface area contributed by atoms with Gasteiger partial charge in [-0.25, -0.2) is 14.4 Å². The minimum atomic E-state index is -0.730. The maximum atomic E-state index is 14.7. The highest BCUT2D eigenvalue weighted by Gasteiger charge is 2.42. The van der Waals surface area contributed by atoms with Crippen LogP contribution < -0.4 is 31.8 Å². The molecule has 4 aromatic rings. The van der Waals surface area contributed by atoms with Gasteiger partial charge >= 0.3 is 0 Å². The first-order chi connectivity index (χ1) is 31.6. The van der Waals surface area contributed by atoms with Crippen LogP contribution in [0.1, 0.15) is 66.6 Å². The van der Waals surface area contributed by atoms with E-state index >= 15 is 0 Å². The fourth-order valence-corrected chi connectivity index (χ4v) is 8.91. The van der Waals surface area contributed by atoms with Crippen LogP contribution in [0, 0.1) is 11.2 Å². The summed E-state index contributed by atoms with van der Waals surface area (Å²) < 4.78 is 32.2. The van der Waals surface area contributed by atoms with E-state index in [-0.39, 0.29) is 60.4 Å². The van der Waals surface area contributed by atoms with Crippen molar-refractivity contribution in [2.24, 2.45) is 21.4 Å². The molecule has 65 heavy (non-hydrogen) atoms. The molecule has 17 nitrogen and oxygen atoms in total. The number of pyridine rings is 1. The molecule has 20 heteroatoms. The fourth-order valence-electron chi connectivity index (χ4n) is 8.21. The number of halogens is 2. The monoisotopic (exact) mass is 930 g/mol. The molecule has 4 amide bonds. The number of benzene rings is 2. The molecule has 1 aliphatic carbocycles. The first kappa shape index (κ1) is 47.1. The third-order valence-corrected chi connectivity index (χ3v) is 12.5. The molecule has 0 radical (unpaired) electrons. The summed E-state index contributed by atoms with van der Waals surface area (Å²) in [5, 5.41) is 18.5. The van der Waals surface area contributed by atoms with Gasteiger partial charge in [0.25, 0.3) is 5.91 Å². The number of anilines is 3. The molecular weight excluding hydrogens is 879 g/mol. The molecule has 2 aromatic carbocycles.